The summed E-state index contributed by atoms with van der Waals surface area (Å²) in [5.41, 5.74) is 0.460. The molecule has 2 rings (SSSR count). The van der Waals surface area contributed by atoms with E-state index in [-0.39, 0.29) is 11.3 Å². The van der Waals surface area contributed by atoms with Gasteiger partial charge in [-0.1, -0.05) is 0 Å². The number of hydrogen-bond acceptors (Lipinski definition) is 7. The number of benzene rings is 2. The first-order chi connectivity index (χ1) is 14.2. The summed E-state index contributed by atoms with van der Waals surface area (Å²) in [5.74, 6) is -2.62. The van der Waals surface area contributed by atoms with Gasteiger partial charge in [0, 0.05) is 0 Å². The van der Waals surface area contributed by atoms with Crippen molar-refractivity contribution in [3.63, 3.8) is 0 Å². The maximum atomic E-state index is 12.8. The summed E-state index contributed by atoms with van der Waals surface area (Å²) >= 11 is -0.646. The summed E-state index contributed by atoms with van der Waals surface area (Å²) in [6, 6.07) is 10.0. The van der Waals surface area contributed by atoms with Gasteiger partial charge in [0.05, 0.1) is 0 Å². The second-order valence-electron chi connectivity index (χ2n) is 5.70. The number of aliphatic carboxylic acids is 2. The van der Waals surface area contributed by atoms with Crippen molar-refractivity contribution >= 4 is 57.7 Å². The number of nitro groups is 1. The second kappa shape index (κ2) is 10.6. The zero-order valence-electron chi connectivity index (χ0n) is 15.4. The van der Waals surface area contributed by atoms with E-state index in [1.807, 2.05) is 0 Å². The zero-order valence-corrected chi connectivity index (χ0v) is 18.0. The molecule has 0 aliphatic carbocycles. The summed E-state index contributed by atoms with van der Waals surface area (Å²) in [6.07, 6.45) is -0.554. The number of ether oxygens (including phenoxy) is 1. The van der Waals surface area contributed by atoms with Crippen LogP contribution in [-0.4, -0.2) is 59.2 Å². The Bertz CT molecular complexity index is 967. The van der Waals surface area contributed by atoms with Gasteiger partial charge in [0.2, 0.25) is 0 Å². The van der Waals surface area contributed by atoms with Gasteiger partial charge in [-0.3, -0.25) is 0 Å². The number of carboxylic acid groups (broad SMARTS) is 2. The number of anilines is 1. The number of nitrogens with zero attached hydrogens (tertiary/aromatic N) is 1. The van der Waals surface area contributed by atoms with Crippen LogP contribution in [0.15, 0.2) is 42.5 Å². The number of hydrogen-bond donors (Lipinski definition) is 3. The number of carbonyl (C=O) groups excluding carboxylic acids is 1. The quantitative estimate of drug-likeness (QED) is 0.252. The van der Waals surface area contributed by atoms with Crippen LogP contribution >= 0.6 is 10.2 Å². The van der Waals surface area contributed by atoms with Crippen LogP contribution in [0, 0.1) is 10.1 Å². The Morgan fingerprint density at radius 3 is 2.40 bits per heavy atom. The van der Waals surface area contributed by atoms with Crippen molar-refractivity contribution in [2.45, 2.75) is 11.7 Å². The van der Waals surface area contributed by atoms with Gasteiger partial charge in [0.15, 0.2) is 0 Å². The van der Waals surface area contributed by atoms with Gasteiger partial charge in [-0.2, -0.15) is 0 Å². The Balaban J connectivity index is 2.25. The fraction of sp³-hybridized carbons (Fsp3) is 0.167. The molecule has 0 radical (unpaired) electrons. The van der Waals surface area contributed by atoms with Gasteiger partial charge in [-0.15, -0.1) is 0 Å². The van der Waals surface area contributed by atoms with Crippen molar-refractivity contribution in [1.29, 1.82) is 0 Å². The van der Waals surface area contributed by atoms with E-state index in [1.54, 1.807) is 12.1 Å². The van der Waals surface area contributed by atoms with Crippen LogP contribution in [0.3, 0.4) is 0 Å². The number of carboxylic acids is 2. The number of non-ortho nitro benzene ring substituents is 1. The molecule has 0 aliphatic heterocycles. The van der Waals surface area contributed by atoms with Crippen molar-refractivity contribution in [1.82, 2.24) is 0 Å². The fourth-order valence-electron chi connectivity index (χ4n) is 2.23. The van der Waals surface area contributed by atoms with Crippen molar-refractivity contribution in [2.24, 2.45) is 0 Å². The van der Waals surface area contributed by atoms with E-state index in [9.17, 15) is 29.6 Å². The van der Waals surface area contributed by atoms with Crippen LogP contribution in [0.5, 0.6) is 5.75 Å². The molecule has 1 unspecified atom stereocenters. The van der Waals surface area contributed by atoms with Crippen molar-refractivity contribution in [3.8, 4) is 5.75 Å². The third kappa shape index (κ3) is 6.21. The summed E-state index contributed by atoms with van der Waals surface area (Å²) in [6.45, 7) is 0. The number of nitrogens with one attached hydrogen (secondary N) is 1. The molecular formula is C18H16N2O8SSe. The molecule has 0 aromatic heterocycles. The molecule has 0 heterocycles. The monoisotopic (exact) mass is 500 g/mol. The SMILES string of the molecule is COc1cccc(C(=O)Nc2ccc([N+](=O)[O-])cc2)c1[Se]SC(CC(=O)O)C(=O)O. The van der Waals surface area contributed by atoms with E-state index in [0.29, 0.717) is 15.9 Å². The van der Waals surface area contributed by atoms with Gasteiger partial charge in [0.25, 0.3) is 0 Å². The molecule has 0 fully saturated rings. The molecule has 1 atom stereocenters. The minimum atomic E-state index is -1.25. The molecule has 30 heavy (non-hydrogen) atoms. The fourth-order valence-corrected chi connectivity index (χ4v) is 6.93. The van der Waals surface area contributed by atoms with Crippen molar-refractivity contribution in [3.05, 3.63) is 58.1 Å². The number of carbonyl (C=O) groups is 3. The Hall–Kier alpha value is -3.08. The molecule has 0 aliphatic rings. The van der Waals surface area contributed by atoms with Crippen LogP contribution in [0.2, 0.25) is 0 Å². The number of nitro benzene ring substituents is 1. The van der Waals surface area contributed by atoms with Gasteiger partial charge >= 0.3 is 180 Å². The standard InChI is InChI=1S/C18H16N2O8SSe/c1-28-13-4-2-3-12(16(13)30-29-14(18(24)25)9-15(21)22)17(23)19-10-5-7-11(8-6-10)20(26)27/h2-8,14H,9H2,1H3,(H,19,23)(H,21,22)(H,24,25). The van der Waals surface area contributed by atoms with Crippen LogP contribution in [-0.2, 0) is 9.59 Å². The molecule has 0 bridgehead atoms. The average molecular weight is 499 g/mol. The van der Waals surface area contributed by atoms with E-state index < -0.39 is 48.3 Å². The minimum absolute atomic E-state index is 0.118. The number of amides is 1. The van der Waals surface area contributed by atoms with Gasteiger partial charge in [0.1, 0.15) is 0 Å². The van der Waals surface area contributed by atoms with E-state index >= 15 is 0 Å². The van der Waals surface area contributed by atoms with Crippen LogP contribution in [0.1, 0.15) is 16.8 Å². The molecule has 1 amide bonds. The molecular weight excluding hydrogens is 483 g/mol. The first-order valence-electron chi connectivity index (χ1n) is 8.23. The van der Waals surface area contributed by atoms with Gasteiger partial charge in [-0.05, 0) is 0 Å². The first-order valence-corrected chi connectivity index (χ1v) is 12.0. The van der Waals surface area contributed by atoms with Crippen molar-refractivity contribution < 1.29 is 34.3 Å². The van der Waals surface area contributed by atoms with Gasteiger partial charge in [-0.25, -0.2) is 0 Å². The molecule has 12 heteroatoms. The van der Waals surface area contributed by atoms with Crippen LogP contribution in [0.25, 0.3) is 0 Å². The molecule has 2 aromatic carbocycles. The summed E-state index contributed by atoms with van der Waals surface area (Å²) in [4.78, 5) is 45.2. The Morgan fingerprint density at radius 1 is 1.20 bits per heavy atom. The van der Waals surface area contributed by atoms with Crippen LogP contribution < -0.4 is 14.5 Å². The van der Waals surface area contributed by atoms with Crippen molar-refractivity contribution in [2.75, 3.05) is 12.4 Å². The molecule has 2 aromatic rings. The molecule has 158 valence electrons. The average Bonchev–Trinajstić information content (AvgIpc) is 2.70. The molecule has 0 spiro atoms. The third-order valence-corrected chi connectivity index (χ3v) is 8.53. The van der Waals surface area contributed by atoms with E-state index in [4.69, 9.17) is 9.84 Å². The molecule has 10 nitrogen and oxygen atoms in total. The zero-order chi connectivity index (χ0) is 22.3. The van der Waals surface area contributed by atoms with E-state index in [1.165, 1.54) is 37.4 Å². The molecule has 3 N–H and O–H groups in total. The normalized spacial score (nSPS) is 11.4. The molecule has 0 saturated heterocycles. The number of rotatable bonds is 10. The van der Waals surface area contributed by atoms with E-state index in [2.05, 4.69) is 5.32 Å². The Labute approximate surface area is 180 Å². The maximum absolute atomic E-state index is 12.8. The Kier molecular flexibility index (Phi) is 8.22. The predicted molar refractivity (Wildman–Crippen MR) is 111 cm³/mol. The second-order valence-corrected chi connectivity index (χ2v) is 9.74. The first kappa shape index (κ1) is 23.2. The van der Waals surface area contributed by atoms with E-state index in [0.717, 1.165) is 10.2 Å². The van der Waals surface area contributed by atoms with Gasteiger partial charge < -0.3 is 0 Å². The summed E-state index contributed by atoms with van der Waals surface area (Å²) < 4.78 is 5.75. The Morgan fingerprint density at radius 2 is 1.87 bits per heavy atom. The predicted octanol–water partition coefficient (Wildman–Crippen LogP) is 1.76. The third-order valence-electron chi connectivity index (χ3n) is 3.66. The summed E-state index contributed by atoms with van der Waals surface area (Å²) in [7, 11) is 2.34. The summed E-state index contributed by atoms with van der Waals surface area (Å²) in [5, 5.41) is 30.3. The topological polar surface area (TPSA) is 156 Å². The number of methoxy groups -OCH3 is 1. The van der Waals surface area contributed by atoms with Crippen LogP contribution in [0.4, 0.5) is 11.4 Å². The molecule has 0 saturated carbocycles.